The molecule has 2 aromatic heterocycles. The van der Waals surface area contributed by atoms with Crippen molar-refractivity contribution >= 4 is 17.9 Å². The first kappa shape index (κ1) is 23.9. The molecule has 6 N–H and O–H groups in total. The second kappa shape index (κ2) is 10.2. The molecule has 0 saturated carbocycles. The molecule has 0 bridgehead atoms. The van der Waals surface area contributed by atoms with Gasteiger partial charge in [0.2, 0.25) is 0 Å². The predicted molar refractivity (Wildman–Crippen MR) is 132 cm³/mol. The van der Waals surface area contributed by atoms with Crippen molar-refractivity contribution in [3.05, 3.63) is 80.3 Å². The van der Waals surface area contributed by atoms with Gasteiger partial charge in [-0.25, -0.2) is 4.98 Å². The van der Waals surface area contributed by atoms with Crippen LogP contribution in [0.3, 0.4) is 0 Å². The number of hydrogen-bond acceptors (Lipinski definition) is 6. The highest BCUT2D eigenvalue weighted by molar-refractivity contribution is 6.05. The molecule has 0 saturated heterocycles. The van der Waals surface area contributed by atoms with Crippen LogP contribution < -0.4 is 21.9 Å². The second-order valence-electron chi connectivity index (χ2n) is 8.29. The van der Waals surface area contributed by atoms with E-state index in [1.54, 1.807) is 6.07 Å². The zero-order valence-corrected chi connectivity index (χ0v) is 19.4. The van der Waals surface area contributed by atoms with Gasteiger partial charge in [0.05, 0.1) is 11.3 Å². The number of benzene rings is 1. The third-order valence-corrected chi connectivity index (χ3v) is 5.25. The molecule has 172 valence electrons. The van der Waals surface area contributed by atoms with Crippen molar-refractivity contribution in [3.8, 4) is 11.3 Å². The molecule has 0 aliphatic carbocycles. The molecule has 1 aromatic carbocycles. The van der Waals surface area contributed by atoms with Crippen molar-refractivity contribution in [2.75, 3.05) is 5.32 Å². The average molecular weight is 447 g/mol. The van der Waals surface area contributed by atoms with Crippen molar-refractivity contribution in [3.63, 3.8) is 0 Å². The fourth-order valence-electron chi connectivity index (χ4n) is 3.64. The molecule has 1 amide bonds. The highest BCUT2D eigenvalue weighted by Crippen LogP contribution is 2.26. The van der Waals surface area contributed by atoms with Crippen molar-refractivity contribution in [1.82, 2.24) is 15.3 Å². The van der Waals surface area contributed by atoms with E-state index < -0.39 is 5.91 Å². The first-order valence-electron chi connectivity index (χ1n) is 10.8. The number of rotatable bonds is 8. The Morgan fingerprint density at radius 2 is 2.00 bits per heavy atom. The molecular weight excluding hydrogens is 416 g/mol. The van der Waals surface area contributed by atoms with E-state index in [1.165, 1.54) is 0 Å². The van der Waals surface area contributed by atoms with Crippen LogP contribution in [0.4, 0.5) is 5.82 Å². The van der Waals surface area contributed by atoms with Gasteiger partial charge in [-0.05, 0) is 57.0 Å². The van der Waals surface area contributed by atoms with Crippen molar-refractivity contribution in [2.45, 2.75) is 46.8 Å². The fraction of sp³-hybridized carbons (Fsp3) is 0.280. The molecule has 0 spiro atoms. The van der Waals surface area contributed by atoms with Crippen LogP contribution in [0.25, 0.3) is 11.3 Å². The Bertz CT molecular complexity index is 1250. The summed E-state index contributed by atoms with van der Waals surface area (Å²) in [6.45, 7) is 8.04. The molecule has 2 heterocycles. The summed E-state index contributed by atoms with van der Waals surface area (Å²) >= 11 is 0. The molecule has 3 rings (SSSR count). The molecule has 8 heteroatoms. The summed E-state index contributed by atoms with van der Waals surface area (Å²) in [4.78, 5) is 33.0. The van der Waals surface area contributed by atoms with E-state index in [0.717, 1.165) is 28.6 Å². The van der Waals surface area contributed by atoms with Gasteiger partial charge >= 0.3 is 0 Å². The second-order valence-corrected chi connectivity index (χ2v) is 8.29. The van der Waals surface area contributed by atoms with Crippen LogP contribution in [0.2, 0.25) is 0 Å². The van der Waals surface area contributed by atoms with Gasteiger partial charge in [0.25, 0.3) is 11.5 Å². The van der Waals surface area contributed by atoms with Crippen LogP contribution in [0.15, 0.2) is 41.2 Å². The standard InChI is InChI=1S/C25H30N6O2/c1-14(2)29-23-20(12-27)19(10-22(31-23)18-7-5-6-17(9-18)11-26)24(32)28-13-21-15(3)8-16(4)30-25(21)33/h5-10,12,14,27H,11,13,26H2,1-4H3,(H,28,32)(H,29,31)(H,30,33). The summed E-state index contributed by atoms with van der Waals surface area (Å²) in [5, 5.41) is 14.0. The number of anilines is 1. The lowest BCUT2D eigenvalue weighted by Gasteiger charge is -2.17. The number of carbonyl (C=O) groups is 1. The van der Waals surface area contributed by atoms with Gasteiger partial charge in [-0.3, -0.25) is 9.59 Å². The van der Waals surface area contributed by atoms with Crippen LogP contribution in [0.1, 0.15) is 52.2 Å². The maximum atomic E-state index is 13.2. The largest absolute Gasteiger partial charge is 0.367 e. The summed E-state index contributed by atoms with van der Waals surface area (Å²) in [6.07, 6.45) is 1.12. The average Bonchev–Trinajstić information content (AvgIpc) is 2.77. The van der Waals surface area contributed by atoms with Gasteiger partial charge in [0, 0.05) is 47.7 Å². The number of amides is 1. The highest BCUT2D eigenvalue weighted by Gasteiger charge is 2.19. The minimum atomic E-state index is -0.390. The zero-order valence-electron chi connectivity index (χ0n) is 19.4. The minimum absolute atomic E-state index is 0.0477. The number of carbonyl (C=O) groups excluding carboxylic acids is 1. The van der Waals surface area contributed by atoms with Crippen molar-refractivity contribution in [1.29, 1.82) is 5.41 Å². The molecule has 33 heavy (non-hydrogen) atoms. The molecular formula is C25H30N6O2. The Labute approximate surface area is 193 Å². The molecule has 0 atom stereocenters. The van der Waals surface area contributed by atoms with Crippen LogP contribution in [0, 0.1) is 19.3 Å². The SMILES string of the molecule is Cc1cc(C)c(CNC(=O)c2cc(-c3cccc(CN)c3)nc(NC(C)C)c2C=N)c(=O)[nH]1. The van der Waals surface area contributed by atoms with Crippen LogP contribution in [-0.4, -0.2) is 28.1 Å². The van der Waals surface area contributed by atoms with Crippen molar-refractivity contribution in [2.24, 2.45) is 5.73 Å². The minimum Gasteiger partial charge on any atom is -0.367 e. The lowest BCUT2D eigenvalue weighted by Crippen LogP contribution is -2.29. The van der Waals surface area contributed by atoms with Gasteiger partial charge in [-0.15, -0.1) is 0 Å². The Morgan fingerprint density at radius 3 is 2.64 bits per heavy atom. The molecule has 8 nitrogen and oxygen atoms in total. The van der Waals surface area contributed by atoms with E-state index in [2.05, 4.69) is 15.6 Å². The number of aryl methyl sites for hydroxylation is 2. The summed E-state index contributed by atoms with van der Waals surface area (Å²) < 4.78 is 0. The number of nitrogens with one attached hydrogen (secondary N) is 4. The normalized spacial score (nSPS) is 10.8. The first-order chi connectivity index (χ1) is 15.7. The van der Waals surface area contributed by atoms with E-state index in [4.69, 9.17) is 16.1 Å². The lowest BCUT2D eigenvalue weighted by atomic mass is 10.0. The number of pyridine rings is 2. The number of aromatic amines is 1. The zero-order chi connectivity index (χ0) is 24.1. The highest BCUT2D eigenvalue weighted by atomic mass is 16.1. The lowest BCUT2D eigenvalue weighted by molar-refractivity contribution is 0.0950. The quantitative estimate of drug-likeness (QED) is 0.338. The summed E-state index contributed by atoms with van der Waals surface area (Å²) in [7, 11) is 0. The van der Waals surface area contributed by atoms with Crippen LogP contribution in [-0.2, 0) is 13.1 Å². The third-order valence-electron chi connectivity index (χ3n) is 5.25. The van der Waals surface area contributed by atoms with Crippen LogP contribution in [0.5, 0.6) is 0 Å². The van der Waals surface area contributed by atoms with E-state index in [-0.39, 0.29) is 18.1 Å². The Morgan fingerprint density at radius 1 is 1.24 bits per heavy atom. The van der Waals surface area contributed by atoms with Crippen molar-refractivity contribution < 1.29 is 4.79 Å². The maximum absolute atomic E-state index is 13.2. The van der Waals surface area contributed by atoms with Gasteiger partial charge < -0.3 is 26.8 Å². The van der Waals surface area contributed by atoms with Crippen LogP contribution >= 0.6 is 0 Å². The Balaban J connectivity index is 2.04. The van der Waals surface area contributed by atoms with Gasteiger partial charge in [-0.1, -0.05) is 18.2 Å². The fourth-order valence-corrected chi connectivity index (χ4v) is 3.64. The van der Waals surface area contributed by atoms with E-state index in [9.17, 15) is 9.59 Å². The molecule has 0 aliphatic heterocycles. The van der Waals surface area contributed by atoms with E-state index >= 15 is 0 Å². The predicted octanol–water partition coefficient (Wildman–Crippen LogP) is 3.26. The first-order valence-corrected chi connectivity index (χ1v) is 10.8. The molecule has 3 aromatic rings. The summed E-state index contributed by atoms with van der Waals surface area (Å²) in [6, 6.07) is 11.2. The molecule has 0 fully saturated rings. The number of hydrogen-bond donors (Lipinski definition) is 5. The van der Waals surface area contributed by atoms with E-state index in [0.29, 0.717) is 34.7 Å². The number of nitrogens with zero attached hydrogens (tertiary/aromatic N) is 1. The number of aromatic nitrogens is 2. The van der Waals surface area contributed by atoms with Gasteiger partial charge in [0.15, 0.2) is 0 Å². The molecule has 0 aliphatic rings. The molecule has 0 unspecified atom stereocenters. The monoisotopic (exact) mass is 446 g/mol. The summed E-state index contributed by atoms with van der Waals surface area (Å²) in [5.41, 5.74) is 10.7. The topological polar surface area (TPSA) is 137 Å². The third kappa shape index (κ3) is 5.53. The van der Waals surface area contributed by atoms with Gasteiger partial charge in [0.1, 0.15) is 5.82 Å². The van der Waals surface area contributed by atoms with E-state index in [1.807, 2.05) is 58.0 Å². The molecule has 0 radical (unpaired) electrons. The number of nitrogens with two attached hydrogens (primary N) is 1. The Hall–Kier alpha value is -3.78. The maximum Gasteiger partial charge on any atom is 0.253 e. The Kier molecular flexibility index (Phi) is 7.40. The number of H-pyrrole nitrogens is 1. The van der Waals surface area contributed by atoms with Gasteiger partial charge in [-0.2, -0.15) is 0 Å². The smallest absolute Gasteiger partial charge is 0.253 e. The summed E-state index contributed by atoms with van der Waals surface area (Å²) in [5.74, 6) is 0.0588.